The summed E-state index contributed by atoms with van der Waals surface area (Å²) in [7, 11) is 0. The van der Waals surface area contributed by atoms with E-state index in [-0.39, 0.29) is 0 Å². The molecule has 0 radical (unpaired) electrons. The zero-order chi connectivity index (χ0) is 8.85. The molecule has 11 heavy (non-hydrogen) atoms. The van der Waals surface area contributed by atoms with E-state index in [9.17, 15) is 0 Å². The van der Waals surface area contributed by atoms with Crippen LogP contribution in [0.4, 0.5) is 0 Å². The van der Waals surface area contributed by atoms with Gasteiger partial charge in [-0.05, 0) is 25.5 Å². The van der Waals surface area contributed by atoms with Gasteiger partial charge in [-0.25, -0.2) is 0 Å². The molecule has 0 saturated heterocycles. The van der Waals surface area contributed by atoms with Gasteiger partial charge in [0, 0.05) is 5.02 Å². The third-order valence-corrected chi connectivity index (χ3v) is 1.74. The molecule has 0 amide bonds. The number of hydrogen-bond acceptors (Lipinski definition) is 0. The minimum Gasteiger partial charge on any atom is -0.106 e. The van der Waals surface area contributed by atoms with Crippen LogP contribution in [0.5, 0.6) is 0 Å². The number of aryl methyl sites for hydroxylation is 2. The van der Waals surface area contributed by atoms with Crippen LogP contribution in [-0.4, -0.2) is 0 Å². The molecule has 0 aromatic heterocycles. The van der Waals surface area contributed by atoms with Crippen LogP contribution in [0.1, 0.15) is 11.1 Å². The first-order valence-corrected chi connectivity index (χ1v) is 3.80. The minimum atomic E-state index is 0.848. The van der Waals surface area contributed by atoms with Crippen LogP contribution in [0.3, 0.4) is 0 Å². The molecule has 1 aromatic carbocycles. The van der Waals surface area contributed by atoms with Crippen molar-refractivity contribution in [1.82, 2.24) is 0 Å². The number of rotatable bonds is 0. The van der Waals surface area contributed by atoms with E-state index in [0.29, 0.717) is 0 Å². The normalized spacial score (nSPS) is 8.27. The minimum absolute atomic E-state index is 0.848. The Morgan fingerprint density at radius 3 is 2.09 bits per heavy atom. The maximum absolute atomic E-state index is 5.78. The smallest absolute Gasteiger partial charge is 0.0435 e. The van der Waals surface area contributed by atoms with Gasteiger partial charge in [0.1, 0.15) is 0 Å². The lowest BCUT2D eigenvalue weighted by atomic mass is 10.2. The molecule has 1 rings (SSSR count). The zero-order valence-corrected chi connectivity index (χ0v) is 7.78. The lowest BCUT2D eigenvalue weighted by molar-refractivity contribution is 1.39. The summed E-state index contributed by atoms with van der Waals surface area (Å²) >= 11 is 5.78. The van der Waals surface area contributed by atoms with Crippen molar-refractivity contribution in [2.75, 3.05) is 0 Å². The molecule has 0 fully saturated rings. The predicted octanol–water partition coefficient (Wildman–Crippen LogP) is 3.76. The highest BCUT2D eigenvalue weighted by molar-refractivity contribution is 6.31. The van der Waals surface area contributed by atoms with Crippen molar-refractivity contribution in [2.45, 2.75) is 13.8 Å². The second-order valence-electron chi connectivity index (χ2n) is 2.25. The summed E-state index contributed by atoms with van der Waals surface area (Å²) in [6.07, 6.45) is 0. The highest BCUT2D eigenvalue weighted by Crippen LogP contribution is 2.14. The summed E-state index contributed by atoms with van der Waals surface area (Å²) in [5.41, 5.74) is 2.41. The molecule has 0 atom stereocenters. The van der Waals surface area contributed by atoms with E-state index >= 15 is 0 Å². The largest absolute Gasteiger partial charge is 0.106 e. The predicted molar refractivity (Wildman–Crippen MR) is 52.2 cm³/mol. The molecule has 0 nitrogen and oxygen atoms in total. The average Bonchev–Trinajstić information content (AvgIpc) is 2.02. The molecule has 0 N–H and O–H groups in total. The third-order valence-electron chi connectivity index (χ3n) is 1.31. The van der Waals surface area contributed by atoms with Gasteiger partial charge >= 0.3 is 0 Å². The van der Waals surface area contributed by atoms with Gasteiger partial charge in [-0.2, -0.15) is 0 Å². The molecular formula is C10H13Cl. The van der Waals surface area contributed by atoms with Crippen LogP contribution < -0.4 is 0 Å². The second-order valence-corrected chi connectivity index (χ2v) is 2.66. The Morgan fingerprint density at radius 2 is 1.73 bits per heavy atom. The first-order valence-electron chi connectivity index (χ1n) is 3.43. The van der Waals surface area contributed by atoms with E-state index in [0.717, 1.165) is 10.6 Å². The van der Waals surface area contributed by atoms with Gasteiger partial charge in [0.25, 0.3) is 0 Å². The fourth-order valence-electron chi connectivity index (χ4n) is 0.795. The summed E-state index contributed by atoms with van der Waals surface area (Å²) in [4.78, 5) is 0. The molecule has 1 heteroatoms. The highest BCUT2D eigenvalue weighted by Gasteiger charge is 1.91. The van der Waals surface area contributed by atoms with Crippen LogP contribution in [0.15, 0.2) is 31.4 Å². The van der Waals surface area contributed by atoms with Gasteiger partial charge in [-0.15, -0.1) is 13.2 Å². The van der Waals surface area contributed by atoms with Crippen LogP contribution in [0.2, 0.25) is 5.02 Å². The van der Waals surface area contributed by atoms with E-state index in [1.54, 1.807) is 0 Å². The van der Waals surface area contributed by atoms with Gasteiger partial charge in [0.05, 0.1) is 0 Å². The highest BCUT2D eigenvalue weighted by atomic mass is 35.5. The average molecular weight is 169 g/mol. The van der Waals surface area contributed by atoms with E-state index in [4.69, 9.17) is 11.6 Å². The molecule has 0 unspecified atom stereocenters. The lowest BCUT2D eigenvalue weighted by Crippen LogP contribution is -1.75. The molecule has 0 heterocycles. The molecule has 0 aliphatic heterocycles. The quantitative estimate of drug-likeness (QED) is 0.518. The zero-order valence-electron chi connectivity index (χ0n) is 7.02. The van der Waals surface area contributed by atoms with Gasteiger partial charge in [0.15, 0.2) is 0 Å². The van der Waals surface area contributed by atoms with Crippen molar-refractivity contribution in [3.63, 3.8) is 0 Å². The number of hydrogen-bond donors (Lipinski definition) is 0. The first kappa shape index (κ1) is 10.2. The van der Waals surface area contributed by atoms with Crippen LogP contribution >= 0.6 is 11.6 Å². The molecule has 0 bridgehead atoms. The SMILES string of the molecule is C=C.Cc1ccc(Cl)c(C)c1. The van der Waals surface area contributed by atoms with Crippen LogP contribution in [-0.2, 0) is 0 Å². The van der Waals surface area contributed by atoms with E-state index in [1.165, 1.54) is 5.56 Å². The van der Waals surface area contributed by atoms with Crippen molar-refractivity contribution in [1.29, 1.82) is 0 Å². The Bertz CT molecular complexity index is 228. The maximum Gasteiger partial charge on any atom is 0.0435 e. The lowest BCUT2D eigenvalue weighted by Gasteiger charge is -1.96. The Morgan fingerprint density at radius 1 is 1.18 bits per heavy atom. The number of halogens is 1. The molecule has 1 aromatic rings. The Kier molecular flexibility index (Phi) is 4.64. The van der Waals surface area contributed by atoms with E-state index < -0.39 is 0 Å². The van der Waals surface area contributed by atoms with E-state index in [1.807, 2.05) is 19.1 Å². The van der Waals surface area contributed by atoms with E-state index in [2.05, 4.69) is 26.1 Å². The molecule has 0 aliphatic rings. The monoisotopic (exact) mass is 168 g/mol. The fraction of sp³-hybridized carbons (Fsp3) is 0.200. The first-order chi connectivity index (χ1) is 5.20. The molecule has 0 spiro atoms. The molecule has 0 saturated carbocycles. The van der Waals surface area contributed by atoms with Crippen molar-refractivity contribution in [3.05, 3.63) is 47.5 Å². The summed E-state index contributed by atoms with van der Waals surface area (Å²) in [6, 6.07) is 6.00. The standard InChI is InChI=1S/C8H9Cl.C2H4/c1-6-3-4-8(9)7(2)5-6;1-2/h3-5H,1-2H3;1-2H2. The Labute approximate surface area is 73.5 Å². The van der Waals surface area contributed by atoms with Gasteiger partial charge < -0.3 is 0 Å². The van der Waals surface area contributed by atoms with Gasteiger partial charge in [0.2, 0.25) is 0 Å². The van der Waals surface area contributed by atoms with Crippen molar-refractivity contribution < 1.29 is 0 Å². The molecule has 60 valence electrons. The fourth-order valence-corrected chi connectivity index (χ4v) is 0.912. The number of benzene rings is 1. The summed E-state index contributed by atoms with van der Waals surface area (Å²) in [5, 5.41) is 0.848. The second kappa shape index (κ2) is 4.97. The molecule has 0 aliphatic carbocycles. The molecular weight excluding hydrogens is 156 g/mol. The topological polar surface area (TPSA) is 0 Å². The van der Waals surface area contributed by atoms with Crippen molar-refractivity contribution in [2.24, 2.45) is 0 Å². The van der Waals surface area contributed by atoms with Crippen molar-refractivity contribution in [3.8, 4) is 0 Å². The maximum atomic E-state index is 5.78. The summed E-state index contributed by atoms with van der Waals surface area (Å²) in [6.45, 7) is 10.1. The summed E-state index contributed by atoms with van der Waals surface area (Å²) in [5.74, 6) is 0. The van der Waals surface area contributed by atoms with Crippen LogP contribution in [0.25, 0.3) is 0 Å². The Balaban J connectivity index is 0.000000461. The third kappa shape index (κ3) is 3.24. The Hall–Kier alpha value is -0.750. The van der Waals surface area contributed by atoms with Gasteiger partial charge in [-0.1, -0.05) is 29.3 Å². The van der Waals surface area contributed by atoms with Crippen molar-refractivity contribution >= 4 is 11.6 Å². The van der Waals surface area contributed by atoms with Crippen LogP contribution in [0, 0.1) is 13.8 Å². The van der Waals surface area contributed by atoms with Gasteiger partial charge in [-0.3, -0.25) is 0 Å². The summed E-state index contributed by atoms with van der Waals surface area (Å²) < 4.78 is 0.